The van der Waals surface area contributed by atoms with E-state index in [1.807, 2.05) is 6.07 Å². The summed E-state index contributed by atoms with van der Waals surface area (Å²) in [5.74, 6) is 1.75. The normalized spacial score (nSPS) is 13.5. The molecule has 0 radical (unpaired) electrons. The fraction of sp³-hybridized carbons (Fsp3) is 0.0476. The monoisotopic (exact) mass is 618 g/mol. The summed E-state index contributed by atoms with van der Waals surface area (Å²) >= 11 is 0. The van der Waals surface area contributed by atoms with Crippen molar-refractivity contribution >= 4 is 62.1 Å². The summed E-state index contributed by atoms with van der Waals surface area (Å²) in [6, 6.07) is 52.3. The Morgan fingerprint density at radius 1 is 0.489 bits per heavy atom. The molecule has 0 saturated heterocycles. The number of hydrogen-bond acceptors (Lipinski definition) is 2. The van der Waals surface area contributed by atoms with Crippen LogP contribution in [-0.4, -0.2) is 27.2 Å². The van der Waals surface area contributed by atoms with E-state index in [4.69, 9.17) is 9.97 Å². The van der Waals surface area contributed by atoms with Gasteiger partial charge in [0.25, 0.3) is 0 Å². The minimum Gasteiger partial charge on any atom is -0.309 e. The lowest BCUT2D eigenvalue weighted by Gasteiger charge is -2.22. The SMILES string of the molecule is C[Si]1(C)c2ccccc2-c2nc(-c3ccccc3)nc(-n3c4ccccc4c4cc5c6ccccc6n(-c6ccccc6)c5cc43)c21. The molecule has 0 aliphatic carbocycles. The third kappa shape index (κ3) is 3.63. The van der Waals surface area contributed by atoms with Gasteiger partial charge in [0, 0.05) is 38.0 Å². The van der Waals surface area contributed by atoms with Crippen LogP contribution in [-0.2, 0) is 0 Å². The van der Waals surface area contributed by atoms with Gasteiger partial charge in [-0.2, -0.15) is 0 Å². The largest absolute Gasteiger partial charge is 0.309 e. The molecule has 9 aromatic rings. The molecule has 47 heavy (non-hydrogen) atoms. The molecule has 0 fully saturated rings. The van der Waals surface area contributed by atoms with Gasteiger partial charge in [0.15, 0.2) is 5.82 Å². The maximum absolute atomic E-state index is 5.52. The first-order chi connectivity index (χ1) is 23.1. The van der Waals surface area contributed by atoms with E-state index in [9.17, 15) is 0 Å². The van der Waals surface area contributed by atoms with Gasteiger partial charge in [-0.15, -0.1) is 0 Å². The van der Waals surface area contributed by atoms with E-state index >= 15 is 0 Å². The summed E-state index contributed by atoms with van der Waals surface area (Å²) in [4.78, 5) is 10.8. The second-order valence-corrected chi connectivity index (χ2v) is 17.3. The highest BCUT2D eigenvalue weighted by atomic mass is 28.3. The van der Waals surface area contributed by atoms with Gasteiger partial charge in [0.1, 0.15) is 13.9 Å². The van der Waals surface area contributed by atoms with Gasteiger partial charge in [-0.1, -0.05) is 122 Å². The molecule has 0 atom stereocenters. The number of hydrogen-bond donors (Lipinski definition) is 0. The van der Waals surface area contributed by atoms with E-state index in [1.165, 1.54) is 48.5 Å². The molecule has 6 aromatic carbocycles. The van der Waals surface area contributed by atoms with Crippen LogP contribution in [0.5, 0.6) is 0 Å². The number of benzene rings is 6. The first-order valence-electron chi connectivity index (χ1n) is 16.2. The highest BCUT2D eigenvalue weighted by molar-refractivity contribution is 7.04. The second kappa shape index (κ2) is 9.61. The Hall–Kier alpha value is -5.78. The number of para-hydroxylation sites is 3. The van der Waals surface area contributed by atoms with Gasteiger partial charge in [-0.3, -0.25) is 4.57 Å². The van der Waals surface area contributed by atoms with Crippen LogP contribution in [0.1, 0.15) is 0 Å². The maximum atomic E-state index is 5.52. The van der Waals surface area contributed by atoms with Crippen molar-refractivity contribution in [1.29, 1.82) is 0 Å². The Balaban J connectivity index is 1.39. The molecule has 3 aromatic heterocycles. The summed E-state index contributed by atoms with van der Waals surface area (Å²) < 4.78 is 4.84. The van der Waals surface area contributed by atoms with Crippen LogP contribution in [0, 0.1) is 0 Å². The van der Waals surface area contributed by atoms with Crippen LogP contribution in [0.25, 0.3) is 77.8 Å². The van der Waals surface area contributed by atoms with E-state index < -0.39 is 8.07 Å². The van der Waals surface area contributed by atoms with Crippen molar-refractivity contribution in [2.75, 3.05) is 0 Å². The molecule has 1 aliphatic rings. The van der Waals surface area contributed by atoms with Crippen LogP contribution in [0.3, 0.4) is 0 Å². The van der Waals surface area contributed by atoms with Crippen molar-refractivity contribution in [2.45, 2.75) is 13.1 Å². The zero-order valence-corrected chi connectivity index (χ0v) is 27.1. The standard InChI is InChI=1S/C42H30N4Si/c1-47(2)38-24-14-11-21-31(38)39-40(47)42(44-41(43-39)27-15-5-3-6-16-27)46-35-23-13-10-20-30(35)33-25-32-29-19-9-12-22-34(29)45(36(32)26-37(33)46)28-17-7-4-8-18-28/h3-26H,1-2H3. The average Bonchev–Trinajstić information content (AvgIpc) is 3.71. The number of nitrogens with zero attached hydrogens (tertiary/aromatic N) is 4. The third-order valence-corrected chi connectivity index (χ3v) is 13.6. The van der Waals surface area contributed by atoms with Crippen LogP contribution < -0.4 is 10.4 Å². The lowest BCUT2D eigenvalue weighted by atomic mass is 10.1. The topological polar surface area (TPSA) is 35.6 Å². The van der Waals surface area contributed by atoms with Gasteiger partial charge in [-0.05, 0) is 47.1 Å². The number of rotatable bonds is 3. The van der Waals surface area contributed by atoms with E-state index in [2.05, 4.69) is 162 Å². The van der Waals surface area contributed by atoms with Crippen LogP contribution >= 0.6 is 0 Å². The van der Waals surface area contributed by atoms with Crippen LogP contribution in [0.4, 0.5) is 0 Å². The molecule has 5 heteroatoms. The van der Waals surface area contributed by atoms with Gasteiger partial charge in [-0.25, -0.2) is 9.97 Å². The van der Waals surface area contributed by atoms with Gasteiger partial charge in [0.05, 0.1) is 27.8 Å². The van der Waals surface area contributed by atoms with Crippen LogP contribution in [0.2, 0.25) is 13.1 Å². The van der Waals surface area contributed by atoms with E-state index in [0.29, 0.717) is 0 Å². The molecule has 10 rings (SSSR count). The summed E-state index contributed by atoms with van der Waals surface area (Å²) in [5.41, 5.74) is 9.19. The predicted octanol–water partition coefficient (Wildman–Crippen LogP) is 9.14. The minimum atomic E-state index is -2.18. The van der Waals surface area contributed by atoms with Crippen molar-refractivity contribution in [3.63, 3.8) is 0 Å². The van der Waals surface area contributed by atoms with E-state index in [-0.39, 0.29) is 0 Å². The van der Waals surface area contributed by atoms with Crippen molar-refractivity contribution in [2.24, 2.45) is 0 Å². The first-order valence-corrected chi connectivity index (χ1v) is 19.2. The molecular formula is C42H30N4Si. The highest BCUT2D eigenvalue weighted by Gasteiger charge is 2.42. The molecule has 0 bridgehead atoms. The summed E-state index contributed by atoms with van der Waals surface area (Å²) in [7, 11) is -2.18. The summed E-state index contributed by atoms with van der Waals surface area (Å²) in [5, 5.41) is 7.67. The van der Waals surface area contributed by atoms with Crippen LogP contribution in [0.15, 0.2) is 146 Å². The predicted molar refractivity (Wildman–Crippen MR) is 198 cm³/mol. The van der Waals surface area contributed by atoms with E-state index in [0.717, 1.165) is 39.6 Å². The molecule has 0 spiro atoms. The maximum Gasteiger partial charge on any atom is 0.162 e. The summed E-state index contributed by atoms with van der Waals surface area (Å²) in [6.45, 7) is 4.90. The lowest BCUT2D eigenvalue weighted by Crippen LogP contribution is -2.51. The molecule has 0 N–H and O–H groups in total. The van der Waals surface area contributed by atoms with Crippen molar-refractivity contribution in [3.05, 3.63) is 146 Å². The molecule has 0 unspecified atom stereocenters. The third-order valence-electron chi connectivity index (χ3n) is 10.1. The van der Waals surface area contributed by atoms with Gasteiger partial charge < -0.3 is 4.57 Å². The Kier molecular flexibility index (Phi) is 5.41. The smallest absolute Gasteiger partial charge is 0.162 e. The van der Waals surface area contributed by atoms with Crippen molar-refractivity contribution < 1.29 is 0 Å². The fourth-order valence-electron chi connectivity index (χ4n) is 7.98. The minimum absolute atomic E-state index is 0.756. The van der Waals surface area contributed by atoms with Crippen molar-refractivity contribution in [3.8, 4) is 34.2 Å². The highest BCUT2D eigenvalue weighted by Crippen LogP contribution is 2.40. The molecule has 4 heterocycles. The quantitative estimate of drug-likeness (QED) is 0.185. The number of aromatic nitrogens is 4. The molecule has 1 aliphatic heterocycles. The molecule has 4 nitrogen and oxygen atoms in total. The number of fused-ring (bicyclic) bond motifs is 9. The molecular weight excluding hydrogens is 589 g/mol. The van der Waals surface area contributed by atoms with Crippen molar-refractivity contribution in [1.82, 2.24) is 19.1 Å². The molecule has 0 amide bonds. The zero-order chi connectivity index (χ0) is 31.3. The van der Waals surface area contributed by atoms with Gasteiger partial charge in [0.2, 0.25) is 0 Å². The van der Waals surface area contributed by atoms with E-state index in [1.54, 1.807) is 0 Å². The Bertz CT molecular complexity index is 2700. The molecule has 0 saturated carbocycles. The van der Waals surface area contributed by atoms with Gasteiger partial charge >= 0.3 is 0 Å². The zero-order valence-electron chi connectivity index (χ0n) is 26.1. The molecule has 222 valence electrons. The summed E-state index contributed by atoms with van der Waals surface area (Å²) in [6.07, 6.45) is 0. The Labute approximate surface area is 273 Å². The average molecular weight is 619 g/mol. The Morgan fingerprint density at radius 2 is 1.06 bits per heavy atom. The second-order valence-electron chi connectivity index (χ2n) is 13.1. The fourth-order valence-corrected chi connectivity index (χ4v) is 11.1. The first kappa shape index (κ1) is 26.4. The Morgan fingerprint density at radius 3 is 1.79 bits per heavy atom. The lowest BCUT2D eigenvalue weighted by molar-refractivity contribution is 1.06.